The molecule has 0 bridgehead atoms. The van der Waals surface area contributed by atoms with E-state index in [0.29, 0.717) is 0 Å². The molecule has 1 aliphatic rings. The Hall–Kier alpha value is -0.490. The van der Waals surface area contributed by atoms with Gasteiger partial charge in [0.1, 0.15) is 0 Å². The lowest BCUT2D eigenvalue weighted by Crippen LogP contribution is -2.14. The number of rotatable bonds is 2. The molecule has 0 heterocycles. The predicted molar refractivity (Wildman–Crippen MR) is 66.3 cm³/mol. The van der Waals surface area contributed by atoms with Crippen LogP contribution in [0, 0.1) is 11.8 Å². The summed E-state index contributed by atoms with van der Waals surface area (Å²) in [5.41, 5.74) is 1.33. The van der Waals surface area contributed by atoms with Crippen LogP contribution in [-0.2, 0) is 6.42 Å². The fourth-order valence-corrected chi connectivity index (χ4v) is 2.72. The second-order valence-corrected chi connectivity index (χ2v) is 5.33. The molecule has 0 atom stereocenters. The maximum absolute atomic E-state index is 6.17. The molecule has 0 saturated heterocycles. The van der Waals surface area contributed by atoms with E-state index in [0.717, 1.165) is 16.9 Å². The van der Waals surface area contributed by atoms with Gasteiger partial charge in [0.2, 0.25) is 0 Å². The fraction of sp³-hybridized carbons (Fsp3) is 0.571. The maximum atomic E-state index is 6.17. The van der Waals surface area contributed by atoms with E-state index in [1.165, 1.54) is 37.7 Å². The summed E-state index contributed by atoms with van der Waals surface area (Å²) >= 11 is 6.17. The zero-order valence-electron chi connectivity index (χ0n) is 9.38. The van der Waals surface area contributed by atoms with Crippen LogP contribution in [0.25, 0.3) is 0 Å². The van der Waals surface area contributed by atoms with Gasteiger partial charge in [-0.1, -0.05) is 49.6 Å². The van der Waals surface area contributed by atoms with Crippen molar-refractivity contribution in [3.05, 3.63) is 34.9 Å². The molecule has 1 aromatic carbocycles. The van der Waals surface area contributed by atoms with Crippen LogP contribution in [-0.4, -0.2) is 0 Å². The lowest BCUT2D eigenvalue weighted by molar-refractivity contribution is 0.289. The van der Waals surface area contributed by atoms with Crippen LogP contribution >= 0.6 is 11.6 Å². The molecule has 0 aliphatic heterocycles. The van der Waals surface area contributed by atoms with Crippen molar-refractivity contribution in [3.63, 3.8) is 0 Å². The van der Waals surface area contributed by atoms with E-state index in [1.54, 1.807) is 0 Å². The summed E-state index contributed by atoms with van der Waals surface area (Å²) < 4.78 is 0. The lowest BCUT2D eigenvalue weighted by atomic mass is 9.80. The second-order valence-electron chi connectivity index (χ2n) is 4.92. The summed E-state index contributed by atoms with van der Waals surface area (Å²) in [6.45, 7) is 2.37. The molecule has 82 valence electrons. The molecule has 0 radical (unpaired) electrons. The van der Waals surface area contributed by atoms with Crippen molar-refractivity contribution >= 4 is 11.6 Å². The van der Waals surface area contributed by atoms with Crippen LogP contribution in [0.4, 0.5) is 0 Å². The van der Waals surface area contributed by atoms with Crippen molar-refractivity contribution in [1.82, 2.24) is 0 Å². The SMILES string of the molecule is CC1CCC(Cc2ccccc2Cl)CC1. The van der Waals surface area contributed by atoms with Gasteiger partial charge in [0, 0.05) is 5.02 Å². The van der Waals surface area contributed by atoms with E-state index < -0.39 is 0 Å². The normalized spacial score (nSPS) is 26.5. The molecule has 0 spiro atoms. The van der Waals surface area contributed by atoms with E-state index in [-0.39, 0.29) is 0 Å². The first-order chi connectivity index (χ1) is 7.25. The highest BCUT2D eigenvalue weighted by Crippen LogP contribution is 2.31. The molecule has 1 fully saturated rings. The van der Waals surface area contributed by atoms with Crippen LogP contribution in [0.3, 0.4) is 0 Å². The van der Waals surface area contributed by atoms with Crippen molar-refractivity contribution < 1.29 is 0 Å². The van der Waals surface area contributed by atoms with Gasteiger partial charge in [-0.25, -0.2) is 0 Å². The first-order valence-electron chi connectivity index (χ1n) is 5.99. The van der Waals surface area contributed by atoms with Gasteiger partial charge in [-0.3, -0.25) is 0 Å². The molecule has 1 aromatic rings. The topological polar surface area (TPSA) is 0 Å². The number of benzene rings is 1. The van der Waals surface area contributed by atoms with Gasteiger partial charge >= 0.3 is 0 Å². The van der Waals surface area contributed by atoms with E-state index in [1.807, 2.05) is 12.1 Å². The van der Waals surface area contributed by atoms with Crippen molar-refractivity contribution in [2.24, 2.45) is 11.8 Å². The van der Waals surface area contributed by atoms with Gasteiger partial charge < -0.3 is 0 Å². The molecule has 2 rings (SSSR count). The van der Waals surface area contributed by atoms with Gasteiger partial charge in [-0.05, 0) is 42.7 Å². The van der Waals surface area contributed by atoms with Crippen molar-refractivity contribution in [2.45, 2.75) is 39.0 Å². The largest absolute Gasteiger partial charge is 0.0840 e. The van der Waals surface area contributed by atoms with E-state index in [9.17, 15) is 0 Å². The third-order valence-electron chi connectivity index (χ3n) is 3.60. The summed E-state index contributed by atoms with van der Waals surface area (Å²) in [4.78, 5) is 0. The fourth-order valence-electron chi connectivity index (χ4n) is 2.51. The third-order valence-corrected chi connectivity index (χ3v) is 3.97. The second kappa shape index (κ2) is 5.03. The third kappa shape index (κ3) is 2.98. The smallest absolute Gasteiger partial charge is 0.0438 e. The molecule has 0 amide bonds. The Morgan fingerprint density at radius 2 is 1.80 bits per heavy atom. The summed E-state index contributed by atoms with van der Waals surface area (Å²) in [6.07, 6.45) is 6.73. The van der Waals surface area contributed by atoms with Crippen LogP contribution < -0.4 is 0 Å². The first kappa shape index (κ1) is 11.0. The summed E-state index contributed by atoms with van der Waals surface area (Å²) in [5.74, 6) is 1.80. The minimum Gasteiger partial charge on any atom is -0.0840 e. The van der Waals surface area contributed by atoms with Gasteiger partial charge in [-0.15, -0.1) is 0 Å². The van der Waals surface area contributed by atoms with Crippen molar-refractivity contribution in [1.29, 1.82) is 0 Å². The Morgan fingerprint density at radius 3 is 2.47 bits per heavy atom. The number of hydrogen-bond donors (Lipinski definition) is 0. The number of hydrogen-bond acceptors (Lipinski definition) is 0. The van der Waals surface area contributed by atoms with Crippen LogP contribution in [0.5, 0.6) is 0 Å². The summed E-state index contributed by atoms with van der Waals surface area (Å²) in [6, 6.07) is 8.27. The molecule has 1 heteroatoms. The zero-order valence-corrected chi connectivity index (χ0v) is 10.1. The van der Waals surface area contributed by atoms with Gasteiger partial charge in [-0.2, -0.15) is 0 Å². The minimum absolute atomic E-state index is 0.862. The van der Waals surface area contributed by atoms with Gasteiger partial charge in [0.25, 0.3) is 0 Å². The Bertz CT molecular complexity index is 311. The molecule has 0 aromatic heterocycles. The molecule has 1 aliphatic carbocycles. The Labute approximate surface area is 97.6 Å². The standard InChI is InChI=1S/C14H19Cl/c1-11-6-8-12(9-7-11)10-13-4-2-3-5-14(13)15/h2-5,11-12H,6-10H2,1H3. The summed E-state index contributed by atoms with van der Waals surface area (Å²) in [5, 5.41) is 0.941. The van der Waals surface area contributed by atoms with Crippen molar-refractivity contribution in [3.8, 4) is 0 Å². The average molecular weight is 223 g/mol. The van der Waals surface area contributed by atoms with E-state index in [4.69, 9.17) is 11.6 Å². The predicted octanol–water partition coefficient (Wildman–Crippen LogP) is 4.71. The highest BCUT2D eigenvalue weighted by Gasteiger charge is 2.18. The van der Waals surface area contributed by atoms with E-state index >= 15 is 0 Å². The van der Waals surface area contributed by atoms with Crippen LogP contribution in [0.2, 0.25) is 5.02 Å². The first-order valence-corrected chi connectivity index (χ1v) is 6.37. The van der Waals surface area contributed by atoms with Gasteiger partial charge in [0.15, 0.2) is 0 Å². The Kier molecular flexibility index (Phi) is 3.69. The quantitative estimate of drug-likeness (QED) is 0.680. The van der Waals surface area contributed by atoms with Crippen LogP contribution in [0.15, 0.2) is 24.3 Å². The van der Waals surface area contributed by atoms with Crippen LogP contribution in [0.1, 0.15) is 38.2 Å². The average Bonchev–Trinajstić information content (AvgIpc) is 2.25. The van der Waals surface area contributed by atoms with Gasteiger partial charge in [0.05, 0.1) is 0 Å². The monoisotopic (exact) mass is 222 g/mol. The molecule has 0 unspecified atom stereocenters. The zero-order chi connectivity index (χ0) is 10.7. The highest BCUT2D eigenvalue weighted by atomic mass is 35.5. The Morgan fingerprint density at radius 1 is 1.13 bits per heavy atom. The molecule has 15 heavy (non-hydrogen) atoms. The molecular formula is C14H19Cl. The highest BCUT2D eigenvalue weighted by molar-refractivity contribution is 6.31. The molecule has 0 N–H and O–H groups in total. The maximum Gasteiger partial charge on any atom is 0.0438 e. The lowest BCUT2D eigenvalue weighted by Gasteiger charge is -2.26. The summed E-state index contributed by atoms with van der Waals surface area (Å²) in [7, 11) is 0. The molecule has 1 saturated carbocycles. The van der Waals surface area contributed by atoms with E-state index in [2.05, 4.69) is 19.1 Å². The minimum atomic E-state index is 0.862. The Balaban J connectivity index is 1.95. The molecule has 0 nitrogen and oxygen atoms in total. The number of halogens is 1. The van der Waals surface area contributed by atoms with Crippen molar-refractivity contribution in [2.75, 3.05) is 0 Å². The molecular weight excluding hydrogens is 204 g/mol.